The summed E-state index contributed by atoms with van der Waals surface area (Å²) in [4.78, 5) is 10.7. The summed E-state index contributed by atoms with van der Waals surface area (Å²) in [5, 5.41) is 23.8. The smallest absolute Gasteiger partial charge is 0.280 e. The van der Waals surface area contributed by atoms with Gasteiger partial charge in [0.15, 0.2) is 0 Å². The van der Waals surface area contributed by atoms with Crippen molar-refractivity contribution in [1.29, 1.82) is 0 Å². The van der Waals surface area contributed by atoms with Crippen LogP contribution in [-0.4, -0.2) is 16.3 Å². The Bertz CT molecular complexity index is 593. The second kappa shape index (κ2) is 4.61. The Morgan fingerprint density at radius 2 is 2.06 bits per heavy atom. The Morgan fingerprint density at radius 3 is 2.76 bits per heavy atom. The van der Waals surface area contributed by atoms with E-state index in [-0.39, 0.29) is 12.1 Å². The van der Waals surface area contributed by atoms with Gasteiger partial charge < -0.3 is 5.21 Å². The van der Waals surface area contributed by atoms with Crippen LogP contribution in [0.3, 0.4) is 0 Å². The monoisotopic (exact) mass is 230 g/mol. The quantitative estimate of drug-likeness (QED) is 0.381. The van der Waals surface area contributed by atoms with E-state index in [0.717, 1.165) is 5.39 Å². The van der Waals surface area contributed by atoms with Crippen molar-refractivity contribution in [2.45, 2.75) is 6.42 Å². The third-order valence-electron chi connectivity index (χ3n) is 2.56. The molecule has 17 heavy (non-hydrogen) atoms. The fourth-order valence-corrected chi connectivity index (χ4v) is 1.82. The lowest BCUT2D eigenvalue weighted by molar-refractivity contribution is -0.383. The SMILES string of the molecule is O=[N+]([O-])c1c(CC=NO)ccc2ccccc12. The van der Waals surface area contributed by atoms with Crippen LogP contribution in [-0.2, 0) is 6.42 Å². The molecule has 0 heterocycles. The molecule has 5 nitrogen and oxygen atoms in total. The third kappa shape index (κ3) is 2.08. The third-order valence-corrected chi connectivity index (χ3v) is 2.56. The highest BCUT2D eigenvalue weighted by atomic mass is 16.6. The molecule has 0 aromatic heterocycles. The number of nitro groups is 1. The topological polar surface area (TPSA) is 75.7 Å². The second-order valence-corrected chi connectivity index (χ2v) is 3.55. The molecular formula is C12H10N2O3. The number of hydrogen-bond acceptors (Lipinski definition) is 4. The predicted molar refractivity (Wildman–Crippen MR) is 64.6 cm³/mol. The summed E-state index contributed by atoms with van der Waals surface area (Å²) >= 11 is 0. The molecule has 0 saturated carbocycles. The average Bonchev–Trinajstić information content (AvgIpc) is 2.35. The second-order valence-electron chi connectivity index (χ2n) is 3.55. The van der Waals surface area contributed by atoms with Gasteiger partial charge in [0, 0.05) is 18.2 Å². The molecule has 5 heteroatoms. The molecule has 2 aromatic rings. The normalized spacial score (nSPS) is 11.1. The molecule has 0 aliphatic rings. The van der Waals surface area contributed by atoms with E-state index < -0.39 is 4.92 Å². The minimum Gasteiger partial charge on any atom is -0.411 e. The fraction of sp³-hybridized carbons (Fsp3) is 0.0833. The molecule has 0 unspecified atom stereocenters. The molecule has 0 fully saturated rings. The predicted octanol–water partition coefficient (Wildman–Crippen LogP) is 2.75. The van der Waals surface area contributed by atoms with Crippen molar-refractivity contribution >= 4 is 22.7 Å². The van der Waals surface area contributed by atoms with E-state index in [1.165, 1.54) is 6.21 Å². The van der Waals surface area contributed by atoms with Crippen molar-refractivity contribution in [3.05, 3.63) is 52.1 Å². The number of hydrogen-bond donors (Lipinski definition) is 1. The van der Waals surface area contributed by atoms with Crippen molar-refractivity contribution in [1.82, 2.24) is 0 Å². The van der Waals surface area contributed by atoms with Crippen LogP contribution in [0.4, 0.5) is 5.69 Å². The van der Waals surface area contributed by atoms with Crippen LogP contribution in [0.15, 0.2) is 41.6 Å². The number of fused-ring (bicyclic) bond motifs is 1. The molecule has 0 amide bonds. The summed E-state index contributed by atoms with van der Waals surface area (Å²) in [7, 11) is 0. The first kappa shape index (κ1) is 11.1. The van der Waals surface area contributed by atoms with Crippen LogP contribution in [0.25, 0.3) is 10.8 Å². The number of rotatable bonds is 3. The summed E-state index contributed by atoms with van der Waals surface area (Å²) in [6.45, 7) is 0. The maximum absolute atomic E-state index is 11.1. The van der Waals surface area contributed by atoms with Crippen molar-refractivity contribution in [3.8, 4) is 0 Å². The molecule has 2 rings (SSSR count). The van der Waals surface area contributed by atoms with Gasteiger partial charge in [-0.3, -0.25) is 10.1 Å². The molecule has 0 saturated heterocycles. The Balaban J connectivity index is 2.68. The van der Waals surface area contributed by atoms with E-state index in [9.17, 15) is 10.1 Å². The highest BCUT2D eigenvalue weighted by Crippen LogP contribution is 2.29. The molecule has 86 valence electrons. The minimum absolute atomic E-state index is 0.0722. The Kier molecular flexibility index (Phi) is 3.00. The zero-order valence-corrected chi connectivity index (χ0v) is 8.91. The molecule has 0 aliphatic carbocycles. The van der Waals surface area contributed by atoms with Gasteiger partial charge in [0.2, 0.25) is 0 Å². The molecule has 0 spiro atoms. The van der Waals surface area contributed by atoms with E-state index in [1.807, 2.05) is 18.2 Å². The number of benzene rings is 2. The number of oxime groups is 1. The first-order chi connectivity index (χ1) is 8.24. The zero-order chi connectivity index (χ0) is 12.3. The van der Waals surface area contributed by atoms with Crippen LogP contribution in [0.1, 0.15) is 5.56 Å². The lowest BCUT2D eigenvalue weighted by Gasteiger charge is -2.03. The molecule has 2 aromatic carbocycles. The van der Waals surface area contributed by atoms with E-state index in [2.05, 4.69) is 5.16 Å². The summed E-state index contributed by atoms with van der Waals surface area (Å²) in [6, 6.07) is 10.6. The molecule has 0 radical (unpaired) electrons. The maximum atomic E-state index is 11.1. The first-order valence-electron chi connectivity index (χ1n) is 5.05. The van der Waals surface area contributed by atoms with Gasteiger partial charge >= 0.3 is 0 Å². The van der Waals surface area contributed by atoms with Gasteiger partial charge in [0.05, 0.1) is 10.3 Å². The van der Waals surface area contributed by atoms with Gasteiger partial charge in [-0.15, -0.1) is 5.16 Å². The Morgan fingerprint density at radius 1 is 1.29 bits per heavy atom. The van der Waals surface area contributed by atoms with Crippen molar-refractivity contribution < 1.29 is 10.1 Å². The first-order valence-corrected chi connectivity index (χ1v) is 5.05. The lowest BCUT2D eigenvalue weighted by atomic mass is 10.0. The summed E-state index contributed by atoms with van der Waals surface area (Å²) < 4.78 is 0. The largest absolute Gasteiger partial charge is 0.411 e. The van der Waals surface area contributed by atoms with Gasteiger partial charge in [-0.2, -0.15) is 0 Å². The highest BCUT2D eigenvalue weighted by molar-refractivity contribution is 5.93. The lowest BCUT2D eigenvalue weighted by Crippen LogP contribution is -1.97. The molecule has 0 atom stereocenters. The van der Waals surface area contributed by atoms with E-state index in [1.54, 1.807) is 18.2 Å². The zero-order valence-electron chi connectivity index (χ0n) is 8.91. The summed E-state index contributed by atoms with van der Waals surface area (Å²) in [5.74, 6) is 0. The number of nitrogens with zero attached hydrogens (tertiary/aromatic N) is 2. The van der Waals surface area contributed by atoms with Gasteiger partial charge in [-0.05, 0) is 11.5 Å². The van der Waals surface area contributed by atoms with E-state index in [4.69, 9.17) is 5.21 Å². The molecular weight excluding hydrogens is 220 g/mol. The molecule has 1 N–H and O–H groups in total. The van der Waals surface area contributed by atoms with Crippen LogP contribution >= 0.6 is 0 Å². The Hall–Kier alpha value is -2.43. The highest BCUT2D eigenvalue weighted by Gasteiger charge is 2.16. The van der Waals surface area contributed by atoms with Gasteiger partial charge in [-0.1, -0.05) is 30.3 Å². The standard InChI is InChI=1S/C12H10N2O3/c15-13-8-7-10-6-5-9-3-1-2-4-11(9)12(10)14(16)17/h1-6,8,15H,7H2. The van der Waals surface area contributed by atoms with Crippen molar-refractivity contribution in [2.75, 3.05) is 0 Å². The van der Waals surface area contributed by atoms with Crippen LogP contribution < -0.4 is 0 Å². The molecule has 0 aliphatic heterocycles. The van der Waals surface area contributed by atoms with E-state index >= 15 is 0 Å². The van der Waals surface area contributed by atoms with Crippen LogP contribution in [0, 0.1) is 10.1 Å². The van der Waals surface area contributed by atoms with Crippen LogP contribution in [0.5, 0.6) is 0 Å². The summed E-state index contributed by atoms with van der Waals surface area (Å²) in [6.07, 6.45) is 1.47. The van der Waals surface area contributed by atoms with Crippen LogP contribution in [0.2, 0.25) is 0 Å². The van der Waals surface area contributed by atoms with Gasteiger partial charge in [0.25, 0.3) is 5.69 Å². The number of nitro benzene ring substituents is 1. The minimum atomic E-state index is -0.400. The molecule has 0 bridgehead atoms. The van der Waals surface area contributed by atoms with Crippen molar-refractivity contribution in [2.24, 2.45) is 5.16 Å². The fourth-order valence-electron chi connectivity index (χ4n) is 1.82. The maximum Gasteiger partial charge on any atom is 0.280 e. The Labute approximate surface area is 97.1 Å². The van der Waals surface area contributed by atoms with Gasteiger partial charge in [-0.25, -0.2) is 0 Å². The van der Waals surface area contributed by atoms with E-state index in [0.29, 0.717) is 10.9 Å². The van der Waals surface area contributed by atoms with Crippen molar-refractivity contribution in [3.63, 3.8) is 0 Å². The average molecular weight is 230 g/mol. The van der Waals surface area contributed by atoms with Gasteiger partial charge in [0.1, 0.15) is 0 Å². The summed E-state index contributed by atoms with van der Waals surface area (Å²) in [5.41, 5.74) is 0.606.